The molecule has 0 radical (unpaired) electrons. The van der Waals surface area contributed by atoms with Crippen molar-refractivity contribution >= 4 is 23.5 Å². The van der Waals surface area contributed by atoms with Gasteiger partial charge in [-0.1, -0.05) is 84.3 Å². The predicted molar refractivity (Wildman–Crippen MR) is 173 cm³/mol. The molecule has 3 fully saturated rings. The molecule has 1 saturated carbocycles. The van der Waals surface area contributed by atoms with Gasteiger partial charge < -0.3 is 0 Å². The van der Waals surface area contributed by atoms with Gasteiger partial charge in [0.2, 0.25) is 0 Å². The van der Waals surface area contributed by atoms with E-state index in [4.69, 9.17) is 0 Å². The van der Waals surface area contributed by atoms with Crippen LogP contribution in [0.25, 0.3) is 6.08 Å². The molecule has 0 bridgehead atoms. The first-order valence-electron chi connectivity index (χ1n) is 16.1. The molecule has 43 heavy (non-hydrogen) atoms. The monoisotopic (exact) mass is 573 g/mol. The van der Waals surface area contributed by atoms with Crippen molar-refractivity contribution in [2.24, 2.45) is 5.41 Å². The Balaban J connectivity index is 1.42. The van der Waals surface area contributed by atoms with Crippen molar-refractivity contribution in [2.45, 2.75) is 63.8 Å². The van der Waals surface area contributed by atoms with E-state index in [1.807, 2.05) is 11.0 Å². The van der Waals surface area contributed by atoms with E-state index in [1.54, 1.807) is 0 Å². The zero-order valence-corrected chi connectivity index (χ0v) is 25.8. The highest BCUT2D eigenvalue weighted by Crippen LogP contribution is 2.67. The summed E-state index contributed by atoms with van der Waals surface area (Å²) in [4.78, 5) is 37.3. The number of aryl methyl sites for hydroxylation is 2. The molecule has 0 N–H and O–H groups in total. The molecule has 5 nitrogen and oxygen atoms in total. The summed E-state index contributed by atoms with van der Waals surface area (Å²) in [7, 11) is 2.08. The summed E-state index contributed by atoms with van der Waals surface area (Å²) in [5.41, 5.74) is 5.45. The third-order valence-corrected chi connectivity index (χ3v) is 10.8. The Bertz CT molecular complexity index is 1570. The second-order valence-corrected chi connectivity index (χ2v) is 13.4. The molecule has 3 aromatic rings. The molecule has 4 aliphatic rings. The number of anilines is 1. The van der Waals surface area contributed by atoms with Crippen LogP contribution in [0.5, 0.6) is 0 Å². The third-order valence-electron chi connectivity index (χ3n) is 10.8. The zero-order valence-electron chi connectivity index (χ0n) is 25.8. The number of carbonyl (C=O) groups is 2. The highest BCUT2D eigenvalue weighted by atomic mass is 16.2. The van der Waals surface area contributed by atoms with Gasteiger partial charge in [0.25, 0.3) is 5.91 Å². The minimum atomic E-state index is -1.06. The number of likely N-dealkylation sites (N-methyl/N-ethyl adjacent to an activating group) is 1. The van der Waals surface area contributed by atoms with Crippen LogP contribution in [0, 0.1) is 19.3 Å². The van der Waals surface area contributed by atoms with Gasteiger partial charge in [0, 0.05) is 18.0 Å². The molecule has 2 saturated heterocycles. The van der Waals surface area contributed by atoms with Crippen LogP contribution < -0.4 is 4.90 Å². The van der Waals surface area contributed by atoms with Crippen LogP contribution in [-0.2, 0) is 15.1 Å². The fourth-order valence-corrected chi connectivity index (χ4v) is 8.77. The van der Waals surface area contributed by atoms with Crippen LogP contribution in [0.3, 0.4) is 0 Å². The van der Waals surface area contributed by atoms with Crippen molar-refractivity contribution in [1.29, 1.82) is 0 Å². The first kappa shape index (κ1) is 28.2. The summed E-state index contributed by atoms with van der Waals surface area (Å²) in [6.07, 6.45) is 7.99. The highest BCUT2D eigenvalue weighted by molar-refractivity contribution is 6.16. The number of ketones is 1. The Labute approximate surface area is 256 Å². The molecule has 5 heteroatoms. The van der Waals surface area contributed by atoms with Crippen molar-refractivity contribution in [2.75, 3.05) is 38.3 Å². The predicted octanol–water partition coefficient (Wildman–Crippen LogP) is 6.84. The number of hydrogen-bond acceptors (Lipinski definition) is 4. The van der Waals surface area contributed by atoms with Crippen molar-refractivity contribution in [3.05, 3.63) is 106 Å². The number of piperidine rings is 1. The first-order valence-corrected chi connectivity index (χ1v) is 16.1. The van der Waals surface area contributed by atoms with Crippen molar-refractivity contribution in [3.63, 3.8) is 0 Å². The largest absolute Gasteiger partial charge is 0.297 e. The Kier molecular flexibility index (Phi) is 7.14. The summed E-state index contributed by atoms with van der Waals surface area (Å²) in [5.74, 6) is 0.123. The quantitative estimate of drug-likeness (QED) is 0.321. The molecule has 0 aromatic heterocycles. The summed E-state index contributed by atoms with van der Waals surface area (Å²) in [5, 5.41) is 0. The van der Waals surface area contributed by atoms with E-state index in [-0.39, 0.29) is 17.6 Å². The third kappa shape index (κ3) is 4.27. The van der Waals surface area contributed by atoms with Gasteiger partial charge in [0.05, 0.1) is 17.8 Å². The molecule has 0 unspecified atom stereocenters. The summed E-state index contributed by atoms with van der Waals surface area (Å²) in [6, 6.07) is 25.4. The second kappa shape index (κ2) is 10.9. The number of allylic oxidation sites excluding steroid dienone is 1. The lowest BCUT2D eigenvalue weighted by Crippen LogP contribution is -2.62. The standard InChI is InChI=1S/C38H43N3O2/c1-27-13-17-29(18-14-27)24-31-10-9-21-37(35(31)42)33(30-19-15-28(2)16-20-30)25-39(3)38(37)32-11-5-6-12-34(32)41(36(38)43)26-40-22-7-4-8-23-40/h5-6,11-20,24,33H,4,7-10,21-23,25-26H2,1-3H3/b31-24+/t33-,37+,38+/m0/s1. The van der Waals surface area contributed by atoms with E-state index < -0.39 is 11.0 Å². The van der Waals surface area contributed by atoms with E-state index in [2.05, 4.69) is 104 Å². The Morgan fingerprint density at radius 1 is 0.837 bits per heavy atom. The van der Waals surface area contributed by atoms with Crippen LogP contribution >= 0.6 is 0 Å². The summed E-state index contributed by atoms with van der Waals surface area (Å²) < 4.78 is 0. The molecular weight excluding hydrogens is 530 g/mol. The van der Waals surface area contributed by atoms with Crippen LogP contribution in [0.4, 0.5) is 5.69 Å². The topological polar surface area (TPSA) is 43.9 Å². The number of Topliss-reactive ketones (excluding diaryl/α,β-unsaturated/α-hetero) is 1. The van der Waals surface area contributed by atoms with E-state index in [0.717, 1.165) is 53.9 Å². The molecule has 7 rings (SSSR count). The van der Waals surface area contributed by atoms with Gasteiger partial charge in [-0.25, -0.2) is 0 Å². The normalized spacial score (nSPS) is 28.9. The van der Waals surface area contributed by atoms with E-state index in [1.165, 1.54) is 30.4 Å². The van der Waals surface area contributed by atoms with Gasteiger partial charge in [-0.05, 0) is 94.9 Å². The van der Waals surface area contributed by atoms with Crippen molar-refractivity contribution in [1.82, 2.24) is 9.80 Å². The summed E-state index contributed by atoms with van der Waals surface area (Å²) in [6.45, 7) is 7.44. The maximum Gasteiger partial charge on any atom is 0.254 e. The van der Waals surface area contributed by atoms with Gasteiger partial charge in [0.1, 0.15) is 5.54 Å². The Morgan fingerprint density at radius 2 is 1.51 bits per heavy atom. The zero-order chi connectivity index (χ0) is 29.8. The molecule has 3 aliphatic heterocycles. The number of hydrogen-bond donors (Lipinski definition) is 0. The van der Waals surface area contributed by atoms with Gasteiger partial charge in [0.15, 0.2) is 5.78 Å². The lowest BCUT2D eigenvalue weighted by molar-refractivity contribution is -0.146. The first-order chi connectivity index (χ1) is 20.9. The SMILES string of the molecule is Cc1ccc(/C=C2\CCC[C@]3(C2=O)[C@H](c2ccc(C)cc2)CN(C)[C@]32C(=O)N(CN3CCCCC3)c3ccccc32)cc1. The van der Waals surface area contributed by atoms with E-state index in [0.29, 0.717) is 19.6 Å². The number of rotatable bonds is 4. The maximum absolute atomic E-state index is 15.4. The van der Waals surface area contributed by atoms with Gasteiger partial charge in [-0.3, -0.25) is 24.3 Å². The molecule has 3 atom stereocenters. The number of likely N-dealkylation sites (tertiary alicyclic amines) is 2. The molecule has 1 aliphatic carbocycles. The number of para-hydroxylation sites is 1. The molecule has 1 amide bonds. The van der Waals surface area contributed by atoms with Crippen molar-refractivity contribution < 1.29 is 9.59 Å². The Morgan fingerprint density at radius 3 is 2.23 bits per heavy atom. The lowest BCUT2D eigenvalue weighted by Gasteiger charge is -2.49. The smallest absolute Gasteiger partial charge is 0.254 e. The molecule has 2 spiro atoms. The molecular formula is C38H43N3O2. The Hall–Kier alpha value is -3.54. The van der Waals surface area contributed by atoms with E-state index >= 15 is 9.59 Å². The van der Waals surface area contributed by atoms with Gasteiger partial charge in [-0.15, -0.1) is 0 Å². The van der Waals surface area contributed by atoms with Gasteiger partial charge >= 0.3 is 0 Å². The molecule has 222 valence electrons. The van der Waals surface area contributed by atoms with Crippen LogP contribution in [0.15, 0.2) is 78.4 Å². The number of nitrogens with zero attached hydrogens (tertiary/aromatic N) is 3. The number of amides is 1. The lowest BCUT2D eigenvalue weighted by atomic mass is 9.53. The number of fused-ring (bicyclic) bond motifs is 3. The minimum Gasteiger partial charge on any atom is -0.297 e. The average Bonchev–Trinajstić information content (AvgIpc) is 3.43. The highest BCUT2D eigenvalue weighted by Gasteiger charge is 2.75. The molecule has 3 heterocycles. The van der Waals surface area contributed by atoms with Gasteiger partial charge in [-0.2, -0.15) is 0 Å². The number of carbonyl (C=O) groups excluding carboxylic acids is 2. The molecule has 3 aromatic carbocycles. The summed E-state index contributed by atoms with van der Waals surface area (Å²) >= 11 is 0. The van der Waals surface area contributed by atoms with Crippen LogP contribution in [0.1, 0.15) is 72.3 Å². The maximum atomic E-state index is 15.4. The fraction of sp³-hybridized carbons (Fsp3) is 0.421. The van der Waals surface area contributed by atoms with Crippen molar-refractivity contribution in [3.8, 4) is 0 Å². The average molecular weight is 574 g/mol. The minimum absolute atomic E-state index is 0.0707. The second-order valence-electron chi connectivity index (χ2n) is 13.4. The van der Waals surface area contributed by atoms with Crippen LogP contribution in [0.2, 0.25) is 0 Å². The fourth-order valence-electron chi connectivity index (χ4n) is 8.77. The van der Waals surface area contributed by atoms with Crippen LogP contribution in [-0.4, -0.2) is 54.8 Å². The van der Waals surface area contributed by atoms with E-state index in [9.17, 15) is 0 Å². The number of benzene rings is 3.